The molecule has 67 heavy (non-hydrogen) atoms. The third-order valence-corrected chi connectivity index (χ3v) is 10.8. The normalized spacial score (nSPS) is 13.6. The van der Waals surface area contributed by atoms with E-state index in [1.807, 2.05) is 21.1 Å². The number of unbranched alkanes of at least 4 members (excludes halogenated alkanes) is 16. The van der Waals surface area contributed by atoms with Gasteiger partial charge in [0.15, 0.2) is 12.4 Å². The first-order valence-corrected chi connectivity index (χ1v) is 26.4. The van der Waals surface area contributed by atoms with Gasteiger partial charge in [-0.15, -0.1) is 0 Å². The van der Waals surface area contributed by atoms with Crippen molar-refractivity contribution in [2.75, 3.05) is 47.5 Å². The lowest BCUT2D eigenvalue weighted by Crippen LogP contribution is -2.44. The fourth-order valence-corrected chi connectivity index (χ4v) is 6.81. The molecule has 0 aliphatic carbocycles. The SMILES string of the molecule is CC/C=C\C/C=C\C/C=C\C/C=C\CCCCCCCCCCC(=O)OCC(COC(OCC[N+](C)(C)C)C(=O)[O-])OC(=O)CCCCCCCCCC/C=C\C/C=C\C/C=C\C/C=C\CC. The minimum absolute atomic E-state index is 0.139. The molecule has 2 atom stereocenters. The number of esters is 2. The molecule has 0 aromatic heterocycles. The second-order valence-electron chi connectivity index (χ2n) is 18.4. The van der Waals surface area contributed by atoms with Gasteiger partial charge in [-0.3, -0.25) is 9.59 Å². The maximum absolute atomic E-state index is 12.8. The molecular formula is C58H97NO8. The average molecular weight is 936 g/mol. The molecule has 0 amide bonds. The summed E-state index contributed by atoms with van der Waals surface area (Å²) < 4.78 is 22.6. The Balaban J connectivity index is 4.37. The maximum Gasteiger partial charge on any atom is 0.306 e. The van der Waals surface area contributed by atoms with Crippen LogP contribution in [0.1, 0.15) is 194 Å². The third kappa shape index (κ3) is 49.9. The Labute approximate surface area is 410 Å². The van der Waals surface area contributed by atoms with E-state index in [2.05, 4.69) is 111 Å². The molecule has 2 unspecified atom stereocenters. The summed E-state index contributed by atoms with van der Waals surface area (Å²) in [4.78, 5) is 37.2. The summed E-state index contributed by atoms with van der Waals surface area (Å²) in [6.07, 6.45) is 61.5. The fourth-order valence-electron chi connectivity index (χ4n) is 6.81. The van der Waals surface area contributed by atoms with Gasteiger partial charge in [-0.2, -0.15) is 0 Å². The number of carboxylic acids is 1. The Bertz CT molecular complexity index is 1420. The van der Waals surface area contributed by atoms with Crippen LogP contribution in [0.5, 0.6) is 0 Å². The number of likely N-dealkylation sites (N-methyl/N-ethyl adjacent to an activating group) is 1. The van der Waals surface area contributed by atoms with Crippen LogP contribution in [-0.2, 0) is 33.3 Å². The third-order valence-electron chi connectivity index (χ3n) is 10.8. The second kappa shape index (κ2) is 48.7. The number of carbonyl (C=O) groups is 3. The molecule has 0 N–H and O–H groups in total. The van der Waals surface area contributed by atoms with E-state index in [4.69, 9.17) is 18.9 Å². The zero-order valence-electron chi connectivity index (χ0n) is 43.2. The number of hydrogen-bond donors (Lipinski definition) is 0. The van der Waals surface area contributed by atoms with Gasteiger partial charge in [0.2, 0.25) is 0 Å². The molecular weight excluding hydrogens is 839 g/mol. The van der Waals surface area contributed by atoms with Gasteiger partial charge in [-0.1, -0.05) is 188 Å². The summed E-state index contributed by atoms with van der Waals surface area (Å²) >= 11 is 0. The van der Waals surface area contributed by atoms with Crippen molar-refractivity contribution in [3.05, 3.63) is 97.2 Å². The number of hydrogen-bond acceptors (Lipinski definition) is 8. The number of nitrogens with zero attached hydrogens (tertiary/aromatic N) is 1. The standard InChI is InChI=1S/C58H97NO8/c1-6-8-10-12-14-16-18-20-22-24-26-28-30-32-34-36-38-40-42-44-46-48-55(60)65-52-54(53-66-58(57(62)63)64-51-50-59(3,4)5)67-56(61)49-47-45-43-41-39-37-35-33-31-29-27-25-23-21-19-17-15-13-11-9-7-2/h8-11,14-17,20-23,26-29,54,58H,6-7,12-13,18-19,24-25,30-53H2,1-5H3/b10-8-,11-9-,16-14-,17-15-,22-20-,23-21-,28-26-,29-27-. The van der Waals surface area contributed by atoms with E-state index in [0.29, 0.717) is 17.4 Å². The number of ether oxygens (including phenoxy) is 4. The molecule has 382 valence electrons. The van der Waals surface area contributed by atoms with Gasteiger partial charge in [0, 0.05) is 12.8 Å². The number of carbonyl (C=O) groups excluding carboxylic acids is 3. The van der Waals surface area contributed by atoms with E-state index < -0.39 is 24.3 Å². The molecule has 0 aromatic rings. The van der Waals surface area contributed by atoms with Crippen LogP contribution in [0.2, 0.25) is 0 Å². The molecule has 0 saturated heterocycles. The number of rotatable bonds is 47. The minimum atomic E-state index is -1.63. The van der Waals surface area contributed by atoms with E-state index in [-0.39, 0.29) is 38.6 Å². The maximum atomic E-state index is 12.8. The van der Waals surface area contributed by atoms with Crippen LogP contribution < -0.4 is 5.11 Å². The molecule has 0 fully saturated rings. The van der Waals surface area contributed by atoms with Crippen molar-refractivity contribution in [1.29, 1.82) is 0 Å². The van der Waals surface area contributed by atoms with E-state index >= 15 is 0 Å². The van der Waals surface area contributed by atoms with Crippen LogP contribution in [0, 0.1) is 0 Å². The lowest BCUT2D eigenvalue weighted by Gasteiger charge is -2.26. The first kappa shape index (κ1) is 63.2. The van der Waals surface area contributed by atoms with E-state index in [0.717, 1.165) is 109 Å². The molecule has 9 heteroatoms. The van der Waals surface area contributed by atoms with Crippen molar-refractivity contribution in [2.24, 2.45) is 0 Å². The summed E-state index contributed by atoms with van der Waals surface area (Å²) in [7, 11) is 5.90. The lowest BCUT2D eigenvalue weighted by atomic mass is 10.1. The molecule has 0 rings (SSSR count). The van der Waals surface area contributed by atoms with Gasteiger partial charge in [-0.25, -0.2) is 0 Å². The van der Waals surface area contributed by atoms with Crippen LogP contribution >= 0.6 is 0 Å². The van der Waals surface area contributed by atoms with Crippen LogP contribution in [0.3, 0.4) is 0 Å². The van der Waals surface area contributed by atoms with E-state index in [1.165, 1.54) is 51.4 Å². The highest BCUT2D eigenvalue weighted by atomic mass is 16.7. The molecule has 0 spiro atoms. The van der Waals surface area contributed by atoms with Crippen LogP contribution in [-0.4, -0.2) is 82.3 Å². The zero-order valence-corrected chi connectivity index (χ0v) is 43.2. The van der Waals surface area contributed by atoms with Crippen molar-refractivity contribution < 1.29 is 42.9 Å². The Kier molecular flexibility index (Phi) is 45.9. The Morgan fingerprint density at radius 3 is 1.19 bits per heavy atom. The minimum Gasteiger partial charge on any atom is -0.545 e. The molecule has 0 aliphatic rings. The predicted molar refractivity (Wildman–Crippen MR) is 278 cm³/mol. The molecule has 0 bridgehead atoms. The monoisotopic (exact) mass is 936 g/mol. The van der Waals surface area contributed by atoms with Gasteiger partial charge in [-0.05, 0) is 89.9 Å². The largest absolute Gasteiger partial charge is 0.545 e. The number of aliphatic carboxylic acids is 1. The molecule has 0 aliphatic heterocycles. The van der Waals surface area contributed by atoms with Gasteiger partial charge in [0.1, 0.15) is 13.2 Å². The van der Waals surface area contributed by atoms with Crippen LogP contribution in [0.4, 0.5) is 0 Å². The average Bonchev–Trinajstić information content (AvgIpc) is 3.29. The highest BCUT2D eigenvalue weighted by molar-refractivity contribution is 5.70. The molecule has 0 radical (unpaired) electrons. The smallest absolute Gasteiger partial charge is 0.306 e. The fraction of sp³-hybridized carbons (Fsp3) is 0.672. The Morgan fingerprint density at radius 1 is 0.448 bits per heavy atom. The van der Waals surface area contributed by atoms with E-state index in [1.54, 1.807) is 0 Å². The Morgan fingerprint density at radius 2 is 0.806 bits per heavy atom. The summed E-state index contributed by atoms with van der Waals surface area (Å²) in [5, 5.41) is 11.8. The van der Waals surface area contributed by atoms with E-state index in [9.17, 15) is 19.5 Å². The summed E-state index contributed by atoms with van der Waals surface area (Å²) in [6.45, 7) is 4.49. The Hall–Kier alpha value is -3.79. The summed E-state index contributed by atoms with van der Waals surface area (Å²) in [5.41, 5.74) is 0. The topological polar surface area (TPSA) is 111 Å². The summed E-state index contributed by atoms with van der Waals surface area (Å²) in [5.74, 6) is -2.32. The van der Waals surface area contributed by atoms with Crippen molar-refractivity contribution >= 4 is 17.9 Å². The number of carboxylic acid groups (broad SMARTS) is 1. The predicted octanol–water partition coefficient (Wildman–Crippen LogP) is 13.7. The van der Waals surface area contributed by atoms with Crippen LogP contribution in [0.15, 0.2) is 97.2 Å². The van der Waals surface area contributed by atoms with Crippen LogP contribution in [0.25, 0.3) is 0 Å². The zero-order chi connectivity index (χ0) is 49.2. The van der Waals surface area contributed by atoms with Crippen molar-refractivity contribution in [2.45, 2.75) is 206 Å². The van der Waals surface area contributed by atoms with Crippen molar-refractivity contribution in [3.63, 3.8) is 0 Å². The molecule has 9 nitrogen and oxygen atoms in total. The first-order chi connectivity index (χ1) is 32.6. The van der Waals surface area contributed by atoms with Gasteiger partial charge >= 0.3 is 11.9 Å². The van der Waals surface area contributed by atoms with Gasteiger partial charge in [0.05, 0.1) is 40.3 Å². The van der Waals surface area contributed by atoms with Gasteiger partial charge in [0.25, 0.3) is 0 Å². The highest BCUT2D eigenvalue weighted by Crippen LogP contribution is 2.14. The van der Waals surface area contributed by atoms with Crippen molar-refractivity contribution in [1.82, 2.24) is 0 Å². The van der Waals surface area contributed by atoms with Gasteiger partial charge < -0.3 is 33.3 Å². The highest BCUT2D eigenvalue weighted by Gasteiger charge is 2.22. The molecule has 0 aromatic carbocycles. The summed E-state index contributed by atoms with van der Waals surface area (Å²) in [6, 6.07) is 0. The number of quaternary nitrogens is 1. The lowest BCUT2D eigenvalue weighted by molar-refractivity contribution is -0.870. The van der Waals surface area contributed by atoms with Crippen molar-refractivity contribution in [3.8, 4) is 0 Å². The molecule has 0 heterocycles. The first-order valence-electron chi connectivity index (χ1n) is 26.4. The quantitative estimate of drug-likeness (QED) is 0.0195. The molecule has 0 saturated carbocycles. The number of allylic oxidation sites excluding steroid dienone is 16. The second-order valence-corrected chi connectivity index (χ2v) is 18.4.